The van der Waals surface area contributed by atoms with E-state index in [-0.39, 0.29) is 0 Å². The van der Waals surface area contributed by atoms with Crippen LogP contribution in [0.3, 0.4) is 0 Å². The summed E-state index contributed by atoms with van der Waals surface area (Å²) in [5.74, 6) is 1.42. The van der Waals surface area contributed by atoms with Crippen LogP contribution in [0.2, 0.25) is 0 Å². The summed E-state index contributed by atoms with van der Waals surface area (Å²) < 4.78 is 24.1. The van der Waals surface area contributed by atoms with Gasteiger partial charge in [-0.25, -0.2) is 19.8 Å². The maximum atomic E-state index is 10.0. The van der Waals surface area contributed by atoms with Crippen LogP contribution in [0.25, 0.3) is 234 Å². The maximum Gasteiger partial charge on any atom is 0.213 e. The number of fused-ring (bicyclic) bond motifs is 20. The lowest BCUT2D eigenvalue weighted by Gasteiger charge is -2.25. The van der Waals surface area contributed by atoms with E-state index in [2.05, 4.69) is 343 Å². The second-order valence-corrected chi connectivity index (χ2v) is 30.5. The van der Waals surface area contributed by atoms with Crippen LogP contribution in [0.5, 0.6) is 0 Å². The highest BCUT2D eigenvalue weighted by molar-refractivity contribution is 7.26. The third-order valence-electron chi connectivity index (χ3n) is 22.2. The van der Waals surface area contributed by atoms with Crippen molar-refractivity contribution in [2.45, 2.75) is 0 Å². The number of benzene rings is 16. The monoisotopic (exact) mass is 1440 g/mol. The molecule has 10 heteroatoms. The van der Waals surface area contributed by atoms with Gasteiger partial charge in [0.1, 0.15) is 22.3 Å². The SMILES string of the molecule is [C-]#[N+]c1cc(-c2nc(-c3ccc4c(c3)sc3ccccc34)nc(-c3ccc4c(c3)sc3ccccc34)n2)c(-c2ccccc2)c(-n2c3ccc(-c4ccccc4)cc3c3c4oc5ccc(-c6ccccc6)cc5c4ccc32)c1-n1c2ccc(-c3ccccc3)cc2c2c3oc4ccc(-c5ccccc5)cc4c3ccc21. The summed E-state index contributed by atoms with van der Waals surface area (Å²) in [5, 5.41) is 12.6. The highest BCUT2D eigenvalue weighted by atomic mass is 32.1. The van der Waals surface area contributed by atoms with E-state index in [9.17, 15) is 6.57 Å². The number of rotatable bonds is 10. The zero-order valence-corrected chi connectivity index (χ0v) is 60.3. The smallest absolute Gasteiger partial charge is 0.213 e. The summed E-state index contributed by atoms with van der Waals surface area (Å²) in [7, 11) is 0. The van der Waals surface area contributed by atoms with Crippen LogP contribution in [-0.2, 0) is 0 Å². The molecule has 510 valence electrons. The first-order valence-corrected chi connectivity index (χ1v) is 38.4. The second-order valence-electron chi connectivity index (χ2n) is 28.3. The molecule has 0 saturated carbocycles. The van der Waals surface area contributed by atoms with Crippen molar-refractivity contribution in [3.63, 3.8) is 0 Å². The van der Waals surface area contributed by atoms with Gasteiger partial charge in [0.15, 0.2) is 17.5 Å². The Hall–Kier alpha value is -14.3. The molecule has 0 unspecified atom stereocenters. The molecule has 0 saturated heterocycles. The van der Waals surface area contributed by atoms with Crippen molar-refractivity contribution in [1.82, 2.24) is 24.1 Å². The van der Waals surface area contributed by atoms with Gasteiger partial charge in [0.05, 0.1) is 50.8 Å². The Kier molecular flexibility index (Phi) is 13.7. The van der Waals surface area contributed by atoms with E-state index in [0.717, 1.165) is 169 Å². The van der Waals surface area contributed by atoms with Gasteiger partial charge in [-0.05, 0) is 153 Å². The highest BCUT2D eigenvalue weighted by Crippen LogP contribution is 2.53. The topological polar surface area (TPSA) is 79.2 Å². The zero-order chi connectivity index (χ0) is 72.2. The van der Waals surface area contributed by atoms with Crippen molar-refractivity contribution < 1.29 is 8.83 Å². The summed E-state index contributed by atoms with van der Waals surface area (Å²) >= 11 is 3.53. The van der Waals surface area contributed by atoms with Gasteiger partial charge in [0.25, 0.3) is 0 Å². The van der Waals surface area contributed by atoms with Crippen molar-refractivity contribution in [3.05, 3.63) is 351 Å². The van der Waals surface area contributed by atoms with Gasteiger partial charge >= 0.3 is 0 Å². The lowest BCUT2D eigenvalue weighted by molar-refractivity contribution is 0.672. The fourth-order valence-electron chi connectivity index (χ4n) is 17.1. The molecule has 7 heterocycles. The van der Waals surface area contributed by atoms with Gasteiger partial charge in [-0.1, -0.05) is 237 Å². The van der Waals surface area contributed by atoms with Crippen LogP contribution in [0.1, 0.15) is 0 Å². The molecular weight excluding hydrogens is 1380 g/mol. The highest BCUT2D eigenvalue weighted by Gasteiger charge is 2.32. The molecule has 0 radical (unpaired) electrons. The number of aromatic nitrogens is 5. The Bertz CT molecular complexity index is 7710. The summed E-state index contributed by atoms with van der Waals surface area (Å²) in [6.07, 6.45) is 0. The minimum absolute atomic E-state index is 0.369. The van der Waals surface area contributed by atoms with Crippen molar-refractivity contribution in [2.75, 3.05) is 0 Å². The molecule has 0 fully saturated rings. The lowest BCUT2D eigenvalue weighted by atomic mass is 9.93. The predicted molar refractivity (Wildman–Crippen MR) is 459 cm³/mol. The Morgan fingerprint density at radius 3 is 1.06 bits per heavy atom. The normalized spacial score (nSPS) is 12.0. The second kappa shape index (κ2) is 24.4. The number of hydrogen-bond acceptors (Lipinski definition) is 7. The molecule has 0 bridgehead atoms. The quantitative estimate of drug-likeness (QED) is 0.128. The van der Waals surface area contributed by atoms with E-state index < -0.39 is 0 Å². The third kappa shape index (κ3) is 9.58. The standard InChI is InChI=1S/C100H56N6O2S2/c1-101-80-57-79(100-103-98(67-35-41-71-69-31-17-19-33-87(69)109-89(71)55-67)102-99(104-100)68-36-42-72-70-32-18-20-34-88(70)110-90(72)56-68)91(62-29-15-6-16-30-62)95(106-82-46-38-64(59-23-9-3-10-24-59)54-78(82)93-84(106)48-44-74-76-52-66(61-27-13-5-14-28-61)40-50-86(76)108-97(74)93)94(80)105-81-45-37-63(58-21-7-2-8-22-58)53-77(81)92-83(105)47-43-73-75-51-65(60-25-11-4-12-26-60)39-49-85(75)107-96(73)92/h2-57H. The number of furan rings is 2. The molecule has 8 nitrogen and oxygen atoms in total. The van der Waals surface area contributed by atoms with Crippen LogP contribution in [-0.4, -0.2) is 24.1 Å². The molecule has 0 aliphatic rings. The van der Waals surface area contributed by atoms with Crippen LogP contribution < -0.4 is 0 Å². The molecule has 0 amide bonds. The number of thiophene rings is 2. The lowest BCUT2D eigenvalue weighted by Crippen LogP contribution is -2.09. The van der Waals surface area contributed by atoms with Crippen LogP contribution in [0.15, 0.2) is 349 Å². The van der Waals surface area contributed by atoms with Gasteiger partial charge in [0.2, 0.25) is 5.69 Å². The molecule has 7 aromatic heterocycles. The molecule has 0 atom stereocenters. The molecule has 0 aliphatic heterocycles. The van der Waals surface area contributed by atoms with Crippen molar-refractivity contribution in [3.8, 4) is 101 Å². The first-order valence-electron chi connectivity index (χ1n) is 36.8. The van der Waals surface area contributed by atoms with Crippen molar-refractivity contribution >= 4 is 156 Å². The molecular formula is C100H56N6O2S2. The van der Waals surface area contributed by atoms with Crippen molar-refractivity contribution in [1.29, 1.82) is 0 Å². The summed E-state index contributed by atoms with van der Waals surface area (Å²) in [4.78, 5) is 21.9. The summed E-state index contributed by atoms with van der Waals surface area (Å²) in [6.45, 7) is 10.0. The number of hydrogen-bond donors (Lipinski definition) is 0. The first-order chi connectivity index (χ1) is 54.5. The van der Waals surface area contributed by atoms with Gasteiger partial charge < -0.3 is 18.0 Å². The minimum Gasteiger partial charge on any atom is -0.455 e. The minimum atomic E-state index is 0.369. The average molecular weight is 1440 g/mol. The summed E-state index contributed by atoms with van der Waals surface area (Å²) in [6, 6.07) is 121. The Morgan fingerprint density at radius 2 is 0.618 bits per heavy atom. The molecule has 110 heavy (non-hydrogen) atoms. The van der Waals surface area contributed by atoms with Gasteiger partial charge in [-0.3, -0.25) is 0 Å². The third-order valence-corrected chi connectivity index (χ3v) is 24.5. The van der Waals surface area contributed by atoms with E-state index in [4.69, 9.17) is 28.6 Å². The van der Waals surface area contributed by atoms with Gasteiger partial charge in [-0.15, -0.1) is 22.7 Å². The zero-order valence-electron chi connectivity index (χ0n) is 58.6. The molecule has 0 aliphatic carbocycles. The van der Waals surface area contributed by atoms with E-state index in [0.29, 0.717) is 34.4 Å². The van der Waals surface area contributed by atoms with E-state index in [1.807, 2.05) is 6.07 Å². The number of nitrogens with zero attached hydrogens (tertiary/aromatic N) is 6. The molecule has 0 spiro atoms. The van der Waals surface area contributed by atoms with Crippen molar-refractivity contribution in [2.24, 2.45) is 0 Å². The first kappa shape index (κ1) is 61.9. The molecule has 23 rings (SSSR count). The maximum absolute atomic E-state index is 10.0. The molecule has 23 aromatic rings. The predicted octanol–water partition coefficient (Wildman–Crippen LogP) is 28.5. The van der Waals surface area contributed by atoms with Gasteiger partial charge in [0, 0.05) is 94.9 Å². The van der Waals surface area contributed by atoms with Crippen LogP contribution in [0, 0.1) is 6.57 Å². The fourth-order valence-corrected chi connectivity index (χ4v) is 19.4. The van der Waals surface area contributed by atoms with E-state index in [1.54, 1.807) is 22.7 Å². The Labute approximate surface area is 637 Å². The Balaban J connectivity index is 0.882. The largest absolute Gasteiger partial charge is 0.455 e. The average Bonchev–Trinajstić information content (AvgIpc) is 1.53. The molecule has 0 N–H and O–H groups in total. The van der Waals surface area contributed by atoms with Gasteiger partial charge in [-0.2, -0.15) is 0 Å². The summed E-state index contributed by atoms with van der Waals surface area (Å²) in [5.41, 5.74) is 21.0. The van der Waals surface area contributed by atoms with E-state index in [1.165, 1.54) is 30.9 Å². The fraction of sp³-hybridized carbons (Fsp3) is 0. The Morgan fingerprint density at radius 1 is 0.264 bits per heavy atom. The van der Waals surface area contributed by atoms with Crippen LogP contribution >= 0.6 is 22.7 Å². The molecule has 16 aromatic carbocycles. The van der Waals surface area contributed by atoms with Crippen LogP contribution in [0.4, 0.5) is 5.69 Å². The van der Waals surface area contributed by atoms with E-state index >= 15 is 0 Å².